The number of aromatic nitrogens is 3. The van der Waals surface area contributed by atoms with Gasteiger partial charge in [0.25, 0.3) is 0 Å². The first kappa shape index (κ1) is 18.5. The lowest BCUT2D eigenvalue weighted by Crippen LogP contribution is -2.14. The maximum absolute atomic E-state index is 6.07. The van der Waals surface area contributed by atoms with Crippen molar-refractivity contribution in [3.63, 3.8) is 0 Å². The smallest absolute Gasteiger partial charge is 0.215 e. The van der Waals surface area contributed by atoms with Crippen molar-refractivity contribution in [2.45, 2.75) is 13.2 Å². The Labute approximate surface area is 161 Å². The van der Waals surface area contributed by atoms with Crippen molar-refractivity contribution in [3.8, 4) is 5.88 Å². The minimum Gasteiger partial charge on any atom is -0.469 e. The van der Waals surface area contributed by atoms with E-state index in [-0.39, 0.29) is 0 Å². The number of pyridine rings is 1. The number of ether oxygens (including phenoxy) is 1. The van der Waals surface area contributed by atoms with Gasteiger partial charge in [-0.1, -0.05) is 29.3 Å². The molecule has 2 aromatic heterocycles. The van der Waals surface area contributed by atoms with Crippen LogP contribution in [0.3, 0.4) is 0 Å². The molecule has 0 bridgehead atoms. The number of benzene rings is 1. The Balaban J connectivity index is 1.66. The quantitative estimate of drug-likeness (QED) is 0.613. The molecule has 0 unspecified atom stereocenters. The van der Waals surface area contributed by atoms with Crippen LogP contribution in [0.15, 0.2) is 48.8 Å². The van der Waals surface area contributed by atoms with Gasteiger partial charge in [-0.25, -0.2) is 4.98 Å². The molecule has 26 heavy (non-hydrogen) atoms. The molecule has 0 saturated carbocycles. The van der Waals surface area contributed by atoms with Gasteiger partial charge in [0.15, 0.2) is 0 Å². The summed E-state index contributed by atoms with van der Waals surface area (Å²) in [5, 5.41) is 4.34. The third kappa shape index (κ3) is 5.11. The van der Waals surface area contributed by atoms with E-state index in [1.807, 2.05) is 35.0 Å². The molecule has 136 valence electrons. The average molecular weight is 392 g/mol. The number of nitrogens with one attached hydrogen (secondary N) is 1. The van der Waals surface area contributed by atoms with E-state index < -0.39 is 0 Å². The van der Waals surface area contributed by atoms with E-state index in [0.29, 0.717) is 42.2 Å². The molecule has 0 radical (unpaired) electrons. The Morgan fingerprint density at radius 2 is 1.96 bits per heavy atom. The zero-order valence-corrected chi connectivity index (χ0v) is 15.5. The van der Waals surface area contributed by atoms with E-state index in [0.717, 1.165) is 17.2 Å². The summed E-state index contributed by atoms with van der Waals surface area (Å²) in [5.74, 6) is 2.03. The third-order valence-electron chi connectivity index (χ3n) is 3.60. The van der Waals surface area contributed by atoms with Crippen molar-refractivity contribution < 1.29 is 4.74 Å². The molecule has 0 spiro atoms. The first-order valence-electron chi connectivity index (χ1n) is 8.13. The number of hydrogen-bond acceptors (Lipinski definition) is 5. The Morgan fingerprint density at radius 3 is 2.73 bits per heavy atom. The third-order valence-corrected chi connectivity index (χ3v) is 4.04. The zero-order chi connectivity index (χ0) is 18.4. The van der Waals surface area contributed by atoms with E-state index >= 15 is 0 Å². The van der Waals surface area contributed by atoms with Crippen LogP contribution in [0, 0.1) is 0 Å². The van der Waals surface area contributed by atoms with Gasteiger partial charge in [-0.2, -0.15) is 4.98 Å². The van der Waals surface area contributed by atoms with Crippen LogP contribution in [0.5, 0.6) is 5.88 Å². The predicted molar refractivity (Wildman–Crippen MR) is 104 cm³/mol. The standard InChI is InChI=1S/C18H19Cl2N5O/c19-14-8-13(9-15(20)10-14)11-25-7-6-23-17(25)12-26-18-3-1-2-16(24-18)22-5-4-21/h1-3,6-10H,4-5,11-12,21H2,(H,22,24). The molecular formula is C18H19Cl2N5O. The fourth-order valence-corrected chi connectivity index (χ4v) is 3.03. The molecule has 0 aliphatic rings. The lowest BCUT2D eigenvalue weighted by Gasteiger charge is -2.11. The maximum Gasteiger partial charge on any atom is 0.215 e. The van der Waals surface area contributed by atoms with Gasteiger partial charge in [-0.3, -0.25) is 0 Å². The van der Waals surface area contributed by atoms with Crippen molar-refractivity contribution in [1.29, 1.82) is 0 Å². The van der Waals surface area contributed by atoms with E-state index in [1.165, 1.54) is 0 Å². The number of nitrogens with zero attached hydrogens (tertiary/aromatic N) is 3. The number of imidazole rings is 1. The fraction of sp³-hybridized carbons (Fsp3) is 0.222. The van der Waals surface area contributed by atoms with Crippen LogP contribution in [0.4, 0.5) is 5.82 Å². The molecule has 0 aliphatic carbocycles. The van der Waals surface area contributed by atoms with Crippen LogP contribution < -0.4 is 15.8 Å². The molecule has 0 aliphatic heterocycles. The van der Waals surface area contributed by atoms with Gasteiger partial charge in [0, 0.05) is 48.1 Å². The fourth-order valence-electron chi connectivity index (χ4n) is 2.46. The second-order valence-corrected chi connectivity index (χ2v) is 6.49. The molecule has 0 fully saturated rings. The predicted octanol–water partition coefficient (Wildman–Crippen LogP) is 3.58. The van der Waals surface area contributed by atoms with Crippen molar-refractivity contribution in [3.05, 3.63) is 70.2 Å². The summed E-state index contributed by atoms with van der Waals surface area (Å²) in [5.41, 5.74) is 6.48. The van der Waals surface area contributed by atoms with Crippen LogP contribution in [0.1, 0.15) is 11.4 Å². The molecule has 0 saturated heterocycles. The summed E-state index contributed by atoms with van der Waals surface area (Å²) in [6.07, 6.45) is 3.62. The number of anilines is 1. The highest BCUT2D eigenvalue weighted by Gasteiger charge is 2.07. The van der Waals surface area contributed by atoms with Crippen LogP contribution in [0.25, 0.3) is 0 Å². The molecular weight excluding hydrogens is 373 g/mol. The van der Waals surface area contributed by atoms with Crippen LogP contribution in [-0.2, 0) is 13.2 Å². The highest BCUT2D eigenvalue weighted by Crippen LogP contribution is 2.20. The molecule has 6 nitrogen and oxygen atoms in total. The molecule has 1 aromatic carbocycles. The Hall–Kier alpha value is -2.28. The number of nitrogens with two attached hydrogens (primary N) is 1. The van der Waals surface area contributed by atoms with Gasteiger partial charge in [0.05, 0.1) is 0 Å². The Morgan fingerprint density at radius 1 is 1.15 bits per heavy atom. The summed E-state index contributed by atoms with van der Waals surface area (Å²) < 4.78 is 7.76. The molecule has 3 rings (SSSR count). The summed E-state index contributed by atoms with van der Waals surface area (Å²) in [4.78, 5) is 8.74. The summed E-state index contributed by atoms with van der Waals surface area (Å²) in [6, 6.07) is 11.0. The highest BCUT2D eigenvalue weighted by molar-refractivity contribution is 6.34. The normalized spacial score (nSPS) is 10.7. The van der Waals surface area contributed by atoms with E-state index in [4.69, 9.17) is 33.7 Å². The van der Waals surface area contributed by atoms with Crippen LogP contribution >= 0.6 is 23.2 Å². The van der Waals surface area contributed by atoms with Crippen molar-refractivity contribution >= 4 is 29.0 Å². The Kier molecular flexibility index (Phi) is 6.33. The number of rotatable bonds is 8. The van der Waals surface area contributed by atoms with Gasteiger partial charge in [-0.05, 0) is 29.8 Å². The van der Waals surface area contributed by atoms with E-state index in [2.05, 4.69) is 15.3 Å². The topological polar surface area (TPSA) is 78.0 Å². The summed E-state index contributed by atoms with van der Waals surface area (Å²) in [6.45, 7) is 2.10. The minimum absolute atomic E-state index is 0.300. The van der Waals surface area contributed by atoms with Crippen LogP contribution in [0.2, 0.25) is 10.0 Å². The minimum atomic E-state index is 0.300. The number of halogens is 2. The maximum atomic E-state index is 6.07. The largest absolute Gasteiger partial charge is 0.469 e. The lowest BCUT2D eigenvalue weighted by atomic mass is 10.2. The van der Waals surface area contributed by atoms with Crippen molar-refractivity contribution in [1.82, 2.24) is 14.5 Å². The second-order valence-electron chi connectivity index (χ2n) is 5.61. The summed E-state index contributed by atoms with van der Waals surface area (Å²) in [7, 11) is 0. The Bertz CT molecular complexity index is 848. The first-order valence-corrected chi connectivity index (χ1v) is 8.88. The number of hydrogen-bond donors (Lipinski definition) is 2. The monoisotopic (exact) mass is 391 g/mol. The molecule has 3 aromatic rings. The molecule has 0 atom stereocenters. The van der Waals surface area contributed by atoms with Crippen molar-refractivity contribution in [2.24, 2.45) is 5.73 Å². The van der Waals surface area contributed by atoms with Gasteiger partial charge < -0.3 is 20.4 Å². The molecule has 0 amide bonds. The van der Waals surface area contributed by atoms with Gasteiger partial charge in [-0.15, -0.1) is 0 Å². The van der Waals surface area contributed by atoms with Gasteiger partial charge in [0.2, 0.25) is 5.88 Å². The molecule has 2 heterocycles. The average Bonchev–Trinajstić information content (AvgIpc) is 3.04. The van der Waals surface area contributed by atoms with E-state index in [1.54, 1.807) is 18.3 Å². The molecule has 8 heteroatoms. The SMILES string of the molecule is NCCNc1cccc(OCc2nccn2Cc2cc(Cl)cc(Cl)c2)n1. The molecule has 3 N–H and O–H groups in total. The van der Waals surface area contributed by atoms with Gasteiger partial charge in [0.1, 0.15) is 18.2 Å². The summed E-state index contributed by atoms with van der Waals surface area (Å²) >= 11 is 12.1. The highest BCUT2D eigenvalue weighted by atomic mass is 35.5. The second kappa shape index (κ2) is 8.89. The first-order chi connectivity index (χ1) is 12.6. The van der Waals surface area contributed by atoms with Crippen molar-refractivity contribution in [2.75, 3.05) is 18.4 Å². The van der Waals surface area contributed by atoms with Gasteiger partial charge >= 0.3 is 0 Å². The van der Waals surface area contributed by atoms with Crippen LogP contribution in [-0.4, -0.2) is 27.6 Å². The van der Waals surface area contributed by atoms with E-state index in [9.17, 15) is 0 Å². The lowest BCUT2D eigenvalue weighted by molar-refractivity contribution is 0.279. The zero-order valence-electron chi connectivity index (χ0n) is 14.0.